The normalized spacial score (nSPS) is 24.9. The van der Waals surface area contributed by atoms with Gasteiger partial charge >= 0.3 is 0 Å². The zero-order chi connectivity index (χ0) is 17.4. The number of aliphatic hydroxyl groups excluding tert-OH is 1. The van der Waals surface area contributed by atoms with Gasteiger partial charge in [0.1, 0.15) is 0 Å². The van der Waals surface area contributed by atoms with Crippen LogP contribution < -0.4 is 0 Å². The smallest absolute Gasteiger partial charge is 0.175 e. The molecule has 2 aliphatic rings. The highest BCUT2D eigenvalue weighted by Crippen LogP contribution is 2.31. The highest BCUT2D eigenvalue weighted by Gasteiger charge is 2.35. The summed E-state index contributed by atoms with van der Waals surface area (Å²) in [5.41, 5.74) is 2.64. The van der Waals surface area contributed by atoms with Crippen molar-refractivity contribution in [2.24, 2.45) is 5.92 Å². The molecule has 1 aromatic heterocycles. The standard InChI is InChI=1S/C20H22BrNO2S/c21-19-6-5-18(25-19)20(24)13-7-9-22(10-8-13)16-11-14-3-1-2-4-15(14)12-17(16)23/h1-6,13,16-17,23H,7-12H2/t16-,17-/m1/s1. The van der Waals surface area contributed by atoms with Gasteiger partial charge in [-0.3, -0.25) is 9.69 Å². The summed E-state index contributed by atoms with van der Waals surface area (Å²) in [5, 5.41) is 10.6. The first kappa shape index (κ1) is 17.4. The van der Waals surface area contributed by atoms with Gasteiger partial charge in [0.15, 0.2) is 5.78 Å². The number of nitrogens with zero attached hydrogens (tertiary/aromatic N) is 1. The minimum absolute atomic E-state index is 0.120. The highest BCUT2D eigenvalue weighted by molar-refractivity contribution is 9.11. The van der Waals surface area contributed by atoms with Crippen LogP contribution in [0.15, 0.2) is 40.2 Å². The van der Waals surface area contributed by atoms with Crippen molar-refractivity contribution in [2.75, 3.05) is 13.1 Å². The molecule has 0 bridgehead atoms. The van der Waals surface area contributed by atoms with Gasteiger partial charge in [0.05, 0.1) is 14.8 Å². The Bertz CT molecular complexity index is 767. The van der Waals surface area contributed by atoms with E-state index < -0.39 is 0 Å². The number of hydrogen-bond acceptors (Lipinski definition) is 4. The molecule has 1 aliphatic heterocycles. The fourth-order valence-electron chi connectivity index (χ4n) is 4.19. The summed E-state index contributed by atoms with van der Waals surface area (Å²) >= 11 is 4.96. The molecule has 3 nitrogen and oxygen atoms in total. The lowest BCUT2D eigenvalue weighted by Crippen LogP contribution is -2.51. The lowest BCUT2D eigenvalue weighted by Gasteiger charge is -2.41. The molecule has 1 aromatic carbocycles. The average Bonchev–Trinajstić information content (AvgIpc) is 3.07. The van der Waals surface area contributed by atoms with Crippen LogP contribution >= 0.6 is 27.3 Å². The van der Waals surface area contributed by atoms with Crippen molar-refractivity contribution in [3.63, 3.8) is 0 Å². The zero-order valence-electron chi connectivity index (χ0n) is 14.0. The number of piperidine rings is 1. The first-order chi connectivity index (χ1) is 12.1. The van der Waals surface area contributed by atoms with Crippen molar-refractivity contribution in [1.29, 1.82) is 0 Å². The van der Waals surface area contributed by atoms with Gasteiger partial charge in [-0.1, -0.05) is 24.3 Å². The topological polar surface area (TPSA) is 40.5 Å². The first-order valence-corrected chi connectivity index (χ1v) is 10.5. The van der Waals surface area contributed by atoms with Gasteiger partial charge < -0.3 is 5.11 Å². The van der Waals surface area contributed by atoms with Gasteiger partial charge in [-0.05, 0) is 71.5 Å². The van der Waals surface area contributed by atoms with Crippen LogP contribution in [-0.2, 0) is 12.8 Å². The molecule has 2 atom stereocenters. The number of ketones is 1. The summed E-state index contributed by atoms with van der Waals surface area (Å²) < 4.78 is 1.01. The highest BCUT2D eigenvalue weighted by atomic mass is 79.9. The number of aliphatic hydroxyl groups is 1. The third-order valence-corrected chi connectivity index (χ3v) is 7.24. The number of carbonyl (C=O) groups is 1. The number of fused-ring (bicyclic) bond motifs is 1. The Labute approximate surface area is 160 Å². The predicted molar refractivity (Wildman–Crippen MR) is 104 cm³/mol. The molecule has 0 radical (unpaired) electrons. The Morgan fingerprint density at radius 1 is 1.08 bits per heavy atom. The summed E-state index contributed by atoms with van der Waals surface area (Å²) in [6.45, 7) is 1.79. The number of thiophene rings is 1. The van der Waals surface area contributed by atoms with E-state index in [1.165, 1.54) is 22.5 Å². The maximum atomic E-state index is 12.6. The van der Waals surface area contributed by atoms with Gasteiger partial charge in [0, 0.05) is 18.4 Å². The molecule has 0 amide bonds. The maximum absolute atomic E-state index is 12.6. The number of likely N-dealkylation sites (tertiary alicyclic amines) is 1. The van der Waals surface area contributed by atoms with Gasteiger partial charge in [-0.2, -0.15) is 0 Å². The zero-order valence-corrected chi connectivity index (χ0v) is 16.4. The molecular weight excluding hydrogens is 398 g/mol. The molecule has 2 heterocycles. The second-order valence-corrected chi connectivity index (χ2v) is 9.55. The molecule has 1 aliphatic carbocycles. The van der Waals surface area contributed by atoms with Crippen molar-refractivity contribution in [1.82, 2.24) is 4.90 Å². The monoisotopic (exact) mass is 419 g/mol. The Hall–Kier alpha value is -1.01. The van der Waals surface area contributed by atoms with Gasteiger partial charge in [-0.25, -0.2) is 0 Å². The van der Waals surface area contributed by atoms with E-state index in [1.807, 2.05) is 18.2 Å². The third-order valence-electron chi connectivity index (χ3n) is 5.61. The number of carbonyl (C=O) groups excluding carboxylic acids is 1. The van der Waals surface area contributed by atoms with Crippen LogP contribution in [0.25, 0.3) is 0 Å². The van der Waals surface area contributed by atoms with Crippen LogP contribution in [-0.4, -0.2) is 41.0 Å². The number of rotatable bonds is 3. The number of halogens is 1. The van der Waals surface area contributed by atoms with Crippen molar-refractivity contribution in [2.45, 2.75) is 37.8 Å². The molecule has 4 rings (SSSR count). The van der Waals surface area contributed by atoms with E-state index in [2.05, 4.69) is 39.0 Å². The van der Waals surface area contributed by atoms with Crippen LogP contribution in [0.5, 0.6) is 0 Å². The minimum atomic E-state index is -0.310. The molecule has 0 spiro atoms. The van der Waals surface area contributed by atoms with E-state index in [0.29, 0.717) is 0 Å². The molecule has 2 aromatic rings. The van der Waals surface area contributed by atoms with Gasteiger partial charge in [0.2, 0.25) is 0 Å². The van der Waals surface area contributed by atoms with E-state index in [4.69, 9.17) is 0 Å². The SMILES string of the molecule is O=C(c1ccc(Br)s1)C1CCN([C@@H]2Cc3ccccc3C[C@H]2O)CC1. The van der Waals surface area contributed by atoms with E-state index in [9.17, 15) is 9.90 Å². The number of hydrogen-bond donors (Lipinski definition) is 1. The van der Waals surface area contributed by atoms with Crippen molar-refractivity contribution in [3.05, 3.63) is 56.2 Å². The molecule has 1 N–H and O–H groups in total. The van der Waals surface area contributed by atoms with Crippen molar-refractivity contribution >= 4 is 33.0 Å². The fourth-order valence-corrected chi connectivity index (χ4v) is 5.60. The molecule has 1 saturated heterocycles. The van der Waals surface area contributed by atoms with E-state index >= 15 is 0 Å². The maximum Gasteiger partial charge on any atom is 0.175 e. The molecule has 1 fully saturated rings. The summed E-state index contributed by atoms with van der Waals surface area (Å²) in [6.07, 6.45) is 3.12. The predicted octanol–water partition coefficient (Wildman–Crippen LogP) is 3.93. The quantitative estimate of drug-likeness (QED) is 0.765. The van der Waals surface area contributed by atoms with E-state index in [1.54, 1.807) is 0 Å². The molecule has 0 saturated carbocycles. The molecule has 132 valence electrons. The second kappa shape index (κ2) is 7.31. The Morgan fingerprint density at radius 3 is 2.40 bits per heavy atom. The van der Waals surface area contributed by atoms with Crippen molar-refractivity contribution < 1.29 is 9.90 Å². The Morgan fingerprint density at radius 2 is 1.76 bits per heavy atom. The third kappa shape index (κ3) is 3.61. The van der Waals surface area contributed by atoms with Crippen LogP contribution in [0, 0.1) is 5.92 Å². The summed E-state index contributed by atoms with van der Waals surface area (Å²) in [6, 6.07) is 12.5. The summed E-state index contributed by atoms with van der Waals surface area (Å²) in [5.74, 6) is 0.403. The van der Waals surface area contributed by atoms with Crippen LogP contribution in [0.3, 0.4) is 0 Å². The van der Waals surface area contributed by atoms with Crippen LogP contribution in [0.1, 0.15) is 33.6 Å². The lowest BCUT2D eigenvalue weighted by atomic mass is 9.83. The van der Waals surface area contributed by atoms with Gasteiger partial charge in [0.25, 0.3) is 0 Å². The largest absolute Gasteiger partial charge is 0.391 e. The van der Waals surface area contributed by atoms with E-state index in [-0.39, 0.29) is 23.8 Å². The first-order valence-electron chi connectivity index (χ1n) is 8.90. The van der Waals surface area contributed by atoms with Crippen LogP contribution in [0.4, 0.5) is 0 Å². The molecule has 0 unspecified atom stereocenters. The number of benzene rings is 1. The van der Waals surface area contributed by atoms with Crippen LogP contribution in [0.2, 0.25) is 0 Å². The second-order valence-electron chi connectivity index (χ2n) is 7.09. The molecule has 5 heteroatoms. The lowest BCUT2D eigenvalue weighted by molar-refractivity contribution is 0.0240. The fraction of sp³-hybridized carbons (Fsp3) is 0.450. The minimum Gasteiger partial charge on any atom is -0.391 e. The summed E-state index contributed by atoms with van der Waals surface area (Å²) in [4.78, 5) is 15.9. The van der Waals surface area contributed by atoms with Gasteiger partial charge in [-0.15, -0.1) is 11.3 Å². The molecule has 25 heavy (non-hydrogen) atoms. The Kier molecular flexibility index (Phi) is 5.09. The molecular formula is C20H22BrNO2S. The summed E-state index contributed by atoms with van der Waals surface area (Å²) in [7, 11) is 0. The average molecular weight is 420 g/mol. The van der Waals surface area contributed by atoms with Crippen molar-refractivity contribution in [3.8, 4) is 0 Å². The van der Waals surface area contributed by atoms with E-state index in [0.717, 1.165) is 47.4 Å². The number of Topliss-reactive ketones (excluding diaryl/α,β-unsaturated/α-hetero) is 1. The Balaban J connectivity index is 1.40.